The average Bonchev–Trinajstić information content (AvgIpc) is 3.09. The minimum absolute atomic E-state index is 0.128. The van der Waals surface area contributed by atoms with Gasteiger partial charge in [0.1, 0.15) is 17.2 Å². The first kappa shape index (κ1) is 18.1. The standard InChI is InChI=1S/C24H17NO5/c1-28-18-7-3-2-6-15(18)17-12-21(26)29-19-9-8-16-23(27)20(30-24(16)22(17)19)11-14-5-4-10-25-13-14/h2-11,13,17H,12H2,1H3/b20-11-/t17-/m0/s1. The summed E-state index contributed by atoms with van der Waals surface area (Å²) in [7, 11) is 1.59. The zero-order valence-corrected chi connectivity index (χ0v) is 16.1. The molecule has 30 heavy (non-hydrogen) atoms. The Labute approximate surface area is 172 Å². The van der Waals surface area contributed by atoms with Gasteiger partial charge in [-0.2, -0.15) is 0 Å². The Morgan fingerprint density at radius 1 is 1.07 bits per heavy atom. The molecule has 0 spiro atoms. The molecule has 3 aromatic rings. The van der Waals surface area contributed by atoms with Crippen LogP contribution in [0, 0.1) is 0 Å². The van der Waals surface area contributed by atoms with Crippen molar-refractivity contribution in [3.63, 3.8) is 0 Å². The molecule has 2 aliphatic rings. The number of hydrogen-bond acceptors (Lipinski definition) is 6. The summed E-state index contributed by atoms with van der Waals surface area (Å²) in [6, 6.07) is 14.4. The van der Waals surface area contributed by atoms with Crippen molar-refractivity contribution in [2.75, 3.05) is 7.11 Å². The number of esters is 1. The first-order valence-electron chi connectivity index (χ1n) is 9.50. The molecule has 0 radical (unpaired) electrons. The van der Waals surface area contributed by atoms with Crippen LogP contribution >= 0.6 is 0 Å². The summed E-state index contributed by atoms with van der Waals surface area (Å²) in [4.78, 5) is 29.3. The summed E-state index contributed by atoms with van der Waals surface area (Å²) < 4.78 is 17.0. The van der Waals surface area contributed by atoms with Crippen molar-refractivity contribution in [2.45, 2.75) is 12.3 Å². The Hall–Kier alpha value is -3.93. The lowest BCUT2D eigenvalue weighted by molar-refractivity contribution is -0.135. The van der Waals surface area contributed by atoms with E-state index in [0.717, 1.165) is 11.1 Å². The predicted octanol–water partition coefficient (Wildman–Crippen LogP) is 4.15. The minimum atomic E-state index is -0.349. The average molecular weight is 399 g/mol. The number of nitrogens with zero attached hydrogens (tertiary/aromatic N) is 1. The van der Waals surface area contributed by atoms with E-state index in [2.05, 4.69) is 4.98 Å². The first-order chi connectivity index (χ1) is 14.7. The Morgan fingerprint density at radius 2 is 1.93 bits per heavy atom. The third-order valence-electron chi connectivity index (χ3n) is 5.28. The molecule has 0 unspecified atom stereocenters. The van der Waals surface area contributed by atoms with Gasteiger partial charge in [-0.3, -0.25) is 14.6 Å². The molecule has 1 aromatic heterocycles. The fraction of sp³-hybridized carbons (Fsp3) is 0.125. The van der Waals surface area contributed by atoms with Crippen LogP contribution in [0.3, 0.4) is 0 Å². The highest BCUT2D eigenvalue weighted by Crippen LogP contribution is 2.50. The Kier molecular flexibility index (Phi) is 4.32. The number of fused-ring (bicyclic) bond motifs is 3. The number of pyridine rings is 1. The van der Waals surface area contributed by atoms with Crippen LogP contribution in [0.5, 0.6) is 17.2 Å². The lowest BCUT2D eigenvalue weighted by Gasteiger charge is -2.27. The first-order valence-corrected chi connectivity index (χ1v) is 9.50. The van der Waals surface area contributed by atoms with Crippen molar-refractivity contribution in [3.05, 3.63) is 88.9 Å². The van der Waals surface area contributed by atoms with Crippen molar-refractivity contribution >= 4 is 17.8 Å². The fourth-order valence-electron chi connectivity index (χ4n) is 3.94. The number of ether oxygens (including phenoxy) is 3. The number of carbonyl (C=O) groups excluding carboxylic acids is 2. The van der Waals surface area contributed by atoms with E-state index in [1.54, 1.807) is 43.8 Å². The third-order valence-corrected chi connectivity index (χ3v) is 5.28. The summed E-state index contributed by atoms with van der Waals surface area (Å²) in [6.45, 7) is 0. The lowest BCUT2D eigenvalue weighted by atomic mass is 9.84. The topological polar surface area (TPSA) is 74.7 Å². The van der Waals surface area contributed by atoms with Crippen molar-refractivity contribution in [1.29, 1.82) is 0 Å². The molecule has 6 heteroatoms. The second kappa shape index (κ2) is 7.15. The van der Waals surface area contributed by atoms with Crippen molar-refractivity contribution in [1.82, 2.24) is 4.98 Å². The molecular formula is C24H17NO5. The summed E-state index contributed by atoms with van der Waals surface area (Å²) in [5.74, 6) is 0.796. The molecular weight excluding hydrogens is 382 g/mol. The molecule has 5 rings (SSSR count). The number of benzene rings is 2. The van der Waals surface area contributed by atoms with E-state index in [9.17, 15) is 9.59 Å². The molecule has 0 saturated heterocycles. The van der Waals surface area contributed by atoms with Crippen LogP contribution in [0.25, 0.3) is 6.08 Å². The lowest BCUT2D eigenvalue weighted by Crippen LogP contribution is -2.22. The van der Waals surface area contributed by atoms with Gasteiger partial charge >= 0.3 is 5.97 Å². The highest BCUT2D eigenvalue weighted by molar-refractivity contribution is 6.15. The minimum Gasteiger partial charge on any atom is -0.496 e. The summed E-state index contributed by atoms with van der Waals surface area (Å²) in [6.07, 6.45) is 5.11. The quantitative estimate of drug-likeness (QED) is 0.374. The number of hydrogen-bond donors (Lipinski definition) is 0. The van der Waals surface area contributed by atoms with E-state index in [1.807, 2.05) is 30.3 Å². The van der Waals surface area contributed by atoms with Crippen LogP contribution in [0.2, 0.25) is 0 Å². The number of Topliss-reactive ketones (excluding diaryl/α,β-unsaturated/α-hetero) is 1. The number of ketones is 1. The summed E-state index contributed by atoms with van der Waals surface area (Å²) in [5, 5.41) is 0. The number of allylic oxidation sites excluding steroid dienone is 1. The molecule has 148 valence electrons. The van der Waals surface area contributed by atoms with E-state index < -0.39 is 0 Å². The molecule has 0 N–H and O–H groups in total. The molecule has 2 aromatic carbocycles. The van der Waals surface area contributed by atoms with Crippen LogP contribution in [-0.2, 0) is 4.79 Å². The zero-order chi connectivity index (χ0) is 20.7. The molecule has 0 saturated carbocycles. The third kappa shape index (κ3) is 2.93. The van der Waals surface area contributed by atoms with Crippen LogP contribution in [-0.4, -0.2) is 23.8 Å². The highest BCUT2D eigenvalue weighted by Gasteiger charge is 2.39. The second-order valence-corrected chi connectivity index (χ2v) is 7.05. The van der Waals surface area contributed by atoms with Gasteiger partial charge in [-0.1, -0.05) is 24.3 Å². The smallest absolute Gasteiger partial charge is 0.312 e. The normalized spacial score (nSPS) is 18.4. The number of rotatable bonds is 3. The van der Waals surface area contributed by atoms with E-state index in [0.29, 0.717) is 28.4 Å². The van der Waals surface area contributed by atoms with Gasteiger partial charge in [0.05, 0.1) is 19.1 Å². The van der Waals surface area contributed by atoms with Crippen LogP contribution in [0.4, 0.5) is 0 Å². The van der Waals surface area contributed by atoms with Gasteiger partial charge in [0.15, 0.2) is 5.76 Å². The second-order valence-electron chi connectivity index (χ2n) is 7.05. The molecule has 0 fully saturated rings. The maximum absolute atomic E-state index is 13.0. The number of para-hydroxylation sites is 1. The molecule has 2 aliphatic heterocycles. The summed E-state index contributed by atoms with van der Waals surface area (Å²) in [5.41, 5.74) is 2.73. The fourth-order valence-corrected chi connectivity index (χ4v) is 3.94. The number of carbonyl (C=O) groups is 2. The largest absolute Gasteiger partial charge is 0.496 e. The Morgan fingerprint density at radius 3 is 2.73 bits per heavy atom. The maximum atomic E-state index is 13.0. The van der Waals surface area contributed by atoms with Crippen molar-refractivity contribution in [2.24, 2.45) is 0 Å². The number of methoxy groups -OCH3 is 1. The number of aromatic nitrogens is 1. The van der Waals surface area contributed by atoms with Crippen molar-refractivity contribution < 1.29 is 23.8 Å². The van der Waals surface area contributed by atoms with Gasteiger partial charge in [-0.05, 0) is 35.9 Å². The molecule has 3 heterocycles. The Balaban J connectivity index is 1.65. The van der Waals surface area contributed by atoms with Gasteiger partial charge in [0, 0.05) is 29.4 Å². The summed E-state index contributed by atoms with van der Waals surface area (Å²) >= 11 is 0. The van der Waals surface area contributed by atoms with Crippen LogP contribution < -0.4 is 14.2 Å². The highest BCUT2D eigenvalue weighted by atomic mass is 16.5. The van der Waals surface area contributed by atoms with Crippen LogP contribution in [0.1, 0.15) is 39.4 Å². The predicted molar refractivity (Wildman–Crippen MR) is 109 cm³/mol. The zero-order valence-electron chi connectivity index (χ0n) is 16.1. The van der Waals surface area contributed by atoms with E-state index in [4.69, 9.17) is 14.2 Å². The molecule has 1 atom stereocenters. The van der Waals surface area contributed by atoms with Gasteiger partial charge in [-0.15, -0.1) is 0 Å². The van der Waals surface area contributed by atoms with E-state index >= 15 is 0 Å². The SMILES string of the molecule is COc1ccccc1[C@@H]1CC(=O)Oc2ccc3c(c21)O/C(=C\c1cccnc1)C3=O. The van der Waals surface area contributed by atoms with Crippen molar-refractivity contribution in [3.8, 4) is 17.2 Å². The van der Waals surface area contributed by atoms with Gasteiger partial charge < -0.3 is 14.2 Å². The molecule has 6 nitrogen and oxygen atoms in total. The maximum Gasteiger partial charge on any atom is 0.312 e. The molecule has 0 aliphatic carbocycles. The van der Waals surface area contributed by atoms with Crippen LogP contribution in [0.15, 0.2) is 66.7 Å². The van der Waals surface area contributed by atoms with Gasteiger partial charge in [-0.25, -0.2) is 0 Å². The molecule has 0 amide bonds. The van der Waals surface area contributed by atoms with E-state index in [-0.39, 0.29) is 29.9 Å². The Bertz CT molecular complexity index is 1200. The monoisotopic (exact) mass is 399 g/mol. The van der Waals surface area contributed by atoms with Gasteiger partial charge in [0.25, 0.3) is 0 Å². The molecule has 0 bridgehead atoms. The van der Waals surface area contributed by atoms with Gasteiger partial charge in [0.2, 0.25) is 5.78 Å². The van der Waals surface area contributed by atoms with E-state index in [1.165, 1.54) is 0 Å².